The molecule has 1 atom stereocenters. The number of nitrogens with zero attached hydrogens (tertiary/aromatic N) is 1. The van der Waals surface area contributed by atoms with Crippen LogP contribution in [0.1, 0.15) is 20.8 Å². The number of ether oxygens (including phenoxy) is 1. The fourth-order valence-corrected chi connectivity index (χ4v) is 0.959. The normalized spacial score (nSPS) is 17.2. The van der Waals surface area contributed by atoms with Gasteiger partial charge in [0.05, 0.1) is 5.60 Å². The van der Waals surface area contributed by atoms with E-state index in [1.54, 1.807) is 0 Å². The Labute approximate surface area is 77.2 Å². The highest BCUT2D eigenvalue weighted by molar-refractivity contribution is 5.79. The van der Waals surface area contributed by atoms with Crippen LogP contribution in [0.2, 0.25) is 0 Å². The van der Waals surface area contributed by atoms with E-state index in [1.165, 1.54) is 27.9 Å². The second-order valence-electron chi connectivity index (χ2n) is 3.57. The number of aliphatic carboxylic acids is 1. The van der Waals surface area contributed by atoms with E-state index in [9.17, 15) is 9.28 Å². The summed E-state index contributed by atoms with van der Waals surface area (Å²) in [4.78, 5) is 10.9. The zero-order valence-electron chi connectivity index (χ0n) is 8.59. The first kappa shape index (κ1) is 12.3. The van der Waals surface area contributed by atoms with Crippen LogP contribution in [0.15, 0.2) is 0 Å². The molecule has 0 aliphatic rings. The molecule has 0 rings (SSSR count). The summed E-state index contributed by atoms with van der Waals surface area (Å²) in [6.45, 7) is 4.33. The monoisotopic (exact) mass is 193 g/mol. The lowest BCUT2D eigenvalue weighted by molar-refractivity contribution is -0.195. The molecule has 4 nitrogen and oxygen atoms in total. The maximum absolute atomic E-state index is 13.1. The van der Waals surface area contributed by atoms with Gasteiger partial charge >= 0.3 is 5.97 Å². The smallest absolute Gasteiger partial charge is 0.329 e. The van der Waals surface area contributed by atoms with Gasteiger partial charge in [-0.1, -0.05) is 0 Å². The van der Waals surface area contributed by atoms with E-state index in [2.05, 4.69) is 0 Å². The van der Waals surface area contributed by atoms with Gasteiger partial charge < -0.3 is 9.84 Å². The molecule has 0 amide bonds. The van der Waals surface area contributed by atoms with E-state index >= 15 is 0 Å². The molecule has 0 saturated heterocycles. The van der Waals surface area contributed by atoms with Crippen molar-refractivity contribution in [1.29, 1.82) is 0 Å². The first-order valence-corrected chi connectivity index (χ1v) is 3.88. The van der Waals surface area contributed by atoms with Crippen LogP contribution in [0.4, 0.5) is 4.48 Å². The van der Waals surface area contributed by atoms with Gasteiger partial charge in [0.15, 0.2) is 5.54 Å². The fraction of sp³-hybridized carbons (Fsp3) is 0.875. The summed E-state index contributed by atoms with van der Waals surface area (Å²) in [6.07, 6.45) is 0. The van der Waals surface area contributed by atoms with Crippen LogP contribution in [0.25, 0.3) is 0 Å². The van der Waals surface area contributed by atoms with E-state index in [0.717, 1.165) is 7.05 Å². The van der Waals surface area contributed by atoms with Crippen molar-refractivity contribution in [2.24, 2.45) is 0 Å². The summed E-state index contributed by atoms with van der Waals surface area (Å²) < 4.78 is 18.0. The van der Waals surface area contributed by atoms with Gasteiger partial charge in [0.1, 0.15) is 0 Å². The number of halogens is 1. The molecule has 0 aromatic rings. The molecule has 5 heteroatoms. The molecule has 13 heavy (non-hydrogen) atoms. The summed E-state index contributed by atoms with van der Waals surface area (Å²) in [7, 11) is 2.42. The Morgan fingerprint density at radius 2 is 1.85 bits per heavy atom. The molecule has 0 spiro atoms. The first-order chi connectivity index (χ1) is 5.70. The fourth-order valence-electron chi connectivity index (χ4n) is 0.959. The highest BCUT2D eigenvalue weighted by Crippen LogP contribution is 2.30. The van der Waals surface area contributed by atoms with Crippen LogP contribution in [-0.2, 0) is 9.53 Å². The number of methoxy groups -OCH3 is 1. The highest BCUT2D eigenvalue weighted by Gasteiger charge is 2.52. The second-order valence-corrected chi connectivity index (χ2v) is 3.57. The molecule has 0 aliphatic carbocycles. The minimum atomic E-state index is -1.69. The summed E-state index contributed by atoms with van der Waals surface area (Å²) >= 11 is 0. The lowest BCUT2D eigenvalue weighted by Gasteiger charge is -2.41. The summed E-state index contributed by atoms with van der Waals surface area (Å²) in [5.74, 6) is -1.26. The quantitative estimate of drug-likeness (QED) is 0.678. The topological polar surface area (TPSA) is 49.8 Å². The van der Waals surface area contributed by atoms with E-state index in [-0.39, 0.29) is 5.12 Å². The Morgan fingerprint density at radius 3 is 1.92 bits per heavy atom. The molecule has 1 N–H and O–H groups in total. The molecule has 0 radical (unpaired) electrons. The number of carbonyl (C=O) groups is 1. The number of likely N-dealkylation sites (N-methyl/N-ethyl adjacent to an activating group) is 1. The van der Waals surface area contributed by atoms with Gasteiger partial charge in [-0.3, -0.25) is 4.79 Å². The molecule has 0 aromatic heterocycles. The van der Waals surface area contributed by atoms with Gasteiger partial charge in [0.2, 0.25) is 0 Å². The van der Waals surface area contributed by atoms with Crippen molar-refractivity contribution in [3.63, 3.8) is 0 Å². The molecular formula is C8H16FNO3. The lowest BCUT2D eigenvalue weighted by Crippen LogP contribution is -2.62. The van der Waals surface area contributed by atoms with Crippen molar-refractivity contribution >= 4 is 5.97 Å². The Hall–Kier alpha value is -0.680. The minimum Gasteiger partial charge on any atom is -0.480 e. The Bertz CT molecular complexity index is 206. The Kier molecular flexibility index (Phi) is 3.40. The summed E-state index contributed by atoms with van der Waals surface area (Å²) in [5, 5.41) is 9.06. The zero-order valence-corrected chi connectivity index (χ0v) is 8.59. The van der Waals surface area contributed by atoms with E-state index < -0.39 is 17.1 Å². The van der Waals surface area contributed by atoms with Crippen LogP contribution in [0.3, 0.4) is 0 Å². The molecule has 0 aliphatic heterocycles. The molecule has 0 fully saturated rings. The second kappa shape index (κ2) is 3.59. The van der Waals surface area contributed by atoms with Gasteiger partial charge in [-0.15, -0.1) is 9.60 Å². The van der Waals surface area contributed by atoms with Crippen molar-refractivity contribution in [2.45, 2.75) is 31.9 Å². The average Bonchev–Trinajstić information content (AvgIpc) is 2.01. The van der Waals surface area contributed by atoms with E-state index in [1.807, 2.05) is 0 Å². The van der Waals surface area contributed by atoms with Crippen LogP contribution in [0.5, 0.6) is 0 Å². The average molecular weight is 193 g/mol. The third-order valence-corrected chi connectivity index (χ3v) is 2.72. The van der Waals surface area contributed by atoms with Crippen molar-refractivity contribution < 1.29 is 19.1 Å². The number of hydrogen-bond acceptors (Lipinski definition) is 3. The van der Waals surface area contributed by atoms with Crippen LogP contribution in [0, 0.1) is 0 Å². The van der Waals surface area contributed by atoms with Crippen LogP contribution < -0.4 is 0 Å². The molecule has 78 valence electrons. The Morgan fingerprint density at radius 1 is 1.46 bits per heavy atom. The van der Waals surface area contributed by atoms with Gasteiger partial charge in [-0.2, -0.15) is 0 Å². The molecule has 0 heterocycles. The van der Waals surface area contributed by atoms with Crippen molar-refractivity contribution in [3.05, 3.63) is 0 Å². The van der Waals surface area contributed by atoms with E-state index in [4.69, 9.17) is 9.84 Å². The van der Waals surface area contributed by atoms with Gasteiger partial charge in [-0.25, -0.2) is 0 Å². The maximum atomic E-state index is 13.1. The van der Waals surface area contributed by atoms with Crippen molar-refractivity contribution in [2.75, 3.05) is 14.2 Å². The Balaban J connectivity index is 5.13. The van der Waals surface area contributed by atoms with Crippen LogP contribution in [-0.4, -0.2) is 41.5 Å². The van der Waals surface area contributed by atoms with Crippen molar-refractivity contribution in [1.82, 2.24) is 5.12 Å². The highest BCUT2D eigenvalue weighted by atomic mass is 19.2. The molecule has 1 unspecified atom stereocenters. The zero-order chi connectivity index (χ0) is 10.9. The SMILES string of the molecule is COC(C)(C)C(C)(C(=O)O)N(C)F. The molecule has 0 saturated carbocycles. The van der Waals surface area contributed by atoms with Crippen LogP contribution >= 0.6 is 0 Å². The molecule has 0 aromatic carbocycles. The van der Waals surface area contributed by atoms with Gasteiger partial charge in [-0.05, 0) is 20.8 Å². The maximum Gasteiger partial charge on any atom is 0.329 e. The molecule has 0 bridgehead atoms. The largest absolute Gasteiger partial charge is 0.480 e. The summed E-state index contributed by atoms with van der Waals surface area (Å²) in [6, 6.07) is 0. The third kappa shape index (κ3) is 1.81. The van der Waals surface area contributed by atoms with Crippen molar-refractivity contribution in [3.8, 4) is 0 Å². The van der Waals surface area contributed by atoms with Gasteiger partial charge in [0.25, 0.3) is 0 Å². The first-order valence-electron chi connectivity index (χ1n) is 3.88. The number of hydrogen-bond donors (Lipinski definition) is 1. The van der Waals surface area contributed by atoms with Gasteiger partial charge in [0, 0.05) is 14.2 Å². The van der Waals surface area contributed by atoms with E-state index in [0.29, 0.717) is 0 Å². The molecular weight excluding hydrogens is 177 g/mol. The number of carboxylic acids is 1. The lowest BCUT2D eigenvalue weighted by atomic mass is 9.84. The summed E-state index contributed by atoms with van der Waals surface area (Å²) in [5.41, 5.74) is -2.80. The predicted octanol–water partition coefficient (Wildman–Crippen LogP) is 1.07. The third-order valence-electron chi connectivity index (χ3n) is 2.72. The number of rotatable bonds is 4. The minimum absolute atomic E-state index is 0.152. The predicted molar refractivity (Wildman–Crippen MR) is 46.0 cm³/mol. The standard InChI is InChI=1S/C8H16FNO3/c1-7(2,13-5)8(3,6(11)12)10(4)9/h1-5H3,(H,11,12). The number of carboxylic acid groups (broad SMARTS) is 1.